The van der Waals surface area contributed by atoms with Crippen molar-refractivity contribution in [2.75, 3.05) is 6.61 Å². The van der Waals surface area contributed by atoms with Gasteiger partial charge in [0.15, 0.2) is 0 Å². The van der Waals surface area contributed by atoms with Gasteiger partial charge in [0.25, 0.3) is 0 Å². The minimum atomic E-state index is -3.65. The van der Waals surface area contributed by atoms with E-state index in [2.05, 4.69) is 0 Å². The average molecular weight is 311 g/mol. The van der Waals surface area contributed by atoms with Gasteiger partial charge in [0, 0.05) is 17.5 Å². The molecule has 0 aliphatic heterocycles. The van der Waals surface area contributed by atoms with Crippen molar-refractivity contribution in [2.45, 2.75) is 63.0 Å². The Kier molecular flexibility index (Phi) is 7.58. The Balaban J connectivity index is 2.04. The summed E-state index contributed by atoms with van der Waals surface area (Å²) in [6.07, 6.45) is 5.36. The predicted octanol–water partition coefficient (Wildman–Crippen LogP) is 3.14. The summed E-state index contributed by atoms with van der Waals surface area (Å²) in [4.78, 5) is 11.7. The summed E-state index contributed by atoms with van der Waals surface area (Å²) < 4.78 is 50.9. The molecule has 118 valence electrons. The van der Waals surface area contributed by atoms with Crippen LogP contribution >= 0.6 is 0 Å². The molecule has 20 heavy (non-hydrogen) atoms. The summed E-state index contributed by atoms with van der Waals surface area (Å²) >= 11 is -3.36. The van der Waals surface area contributed by atoms with Crippen LogP contribution in [0.25, 0.3) is 0 Å². The van der Waals surface area contributed by atoms with Gasteiger partial charge >= 0.3 is 11.2 Å². The van der Waals surface area contributed by atoms with Crippen LogP contribution in [0.15, 0.2) is 0 Å². The van der Waals surface area contributed by atoms with Crippen molar-refractivity contribution in [1.82, 2.24) is 0 Å². The van der Waals surface area contributed by atoms with Gasteiger partial charge in [-0.05, 0) is 32.1 Å². The molecular formula is C13H21F2O4S-. The fourth-order valence-corrected chi connectivity index (χ4v) is 2.63. The maximum absolute atomic E-state index is 12.7. The molecule has 1 rings (SSSR count). The Labute approximate surface area is 120 Å². The number of ether oxygens (including phenoxy) is 1. The second-order valence-corrected chi connectivity index (χ2v) is 6.25. The fourth-order valence-electron chi connectivity index (χ4n) is 2.32. The second kappa shape index (κ2) is 8.67. The molecule has 7 heteroatoms. The number of hydrogen-bond acceptors (Lipinski definition) is 4. The lowest BCUT2D eigenvalue weighted by molar-refractivity contribution is -0.149. The third-order valence-electron chi connectivity index (χ3n) is 3.54. The van der Waals surface area contributed by atoms with Gasteiger partial charge in [-0.3, -0.25) is 9.00 Å². The van der Waals surface area contributed by atoms with E-state index in [0.29, 0.717) is 12.8 Å². The molecule has 0 heterocycles. The zero-order valence-electron chi connectivity index (χ0n) is 11.4. The van der Waals surface area contributed by atoms with Crippen molar-refractivity contribution >= 4 is 17.0 Å². The normalized spacial score (nSPS) is 18.8. The number of esters is 1. The van der Waals surface area contributed by atoms with Crippen molar-refractivity contribution in [1.29, 1.82) is 0 Å². The molecule has 0 N–H and O–H groups in total. The quantitative estimate of drug-likeness (QED) is 0.392. The van der Waals surface area contributed by atoms with Gasteiger partial charge < -0.3 is 9.29 Å². The molecule has 0 aromatic heterocycles. The van der Waals surface area contributed by atoms with Gasteiger partial charge in [0.1, 0.15) is 0 Å². The molecule has 1 fully saturated rings. The largest absolute Gasteiger partial charge is 0.768 e. The molecule has 0 bridgehead atoms. The lowest BCUT2D eigenvalue weighted by Crippen LogP contribution is -2.22. The highest BCUT2D eigenvalue weighted by Crippen LogP contribution is 2.25. The van der Waals surface area contributed by atoms with Crippen LogP contribution in [0, 0.1) is 5.92 Å². The second-order valence-electron chi connectivity index (χ2n) is 5.19. The number of rotatable bonds is 8. The van der Waals surface area contributed by atoms with E-state index in [4.69, 9.17) is 4.74 Å². The first-order chi connectivity index (χ1) is 9.43. The summed E-state index contributed by atoms with van der Waals surface area (Å²) in [5.41, 5.74) is 0. The van der Waals surface area contributed by atoms with E-state index in [1.54, 1.807) is 0 Å². The van der Waals surface area contributed by atoms with Crippen LogP contribution < -0.4 is 0 Å². The number of carbonyl (C=O) groups is 1. The summed E-state index contributed by atoms with van der Waals surface area (Å²) in [6, 6.07) is 0. The molecule has 1 unspecified atom stereocenters. The molecule has 1 aliphatic rings. The summed E-state index contributed by atoms with van der Waals surface area (Å²) in [5.74, 6) is -0.188. The van der Waals surface area contributed by atoms with Gasteiger partial charge in [0.2, 0.25) is 0 Å². The zero-order chi connectivity index (χ0) is 15.0. The molecular weight excluding hydrogens is 290 g/mol. The van der Waals surface area contributed by atoms with E-state index in [1.165, 1.54) is 6.42 Å². The Bertz CT molecular complexity index is 330. The van der Waals surface area contributed by atoms with Crippen molar-refractivity contribution in [3.8, 4) is 0 Å². The summed E-state index contributed by atoms with van der Waals surface area (Å²) in [6.45, 7) is 0.224. The monoisotopic (exact) mass is 311 g/mol. The topological polar surface area (TPSA) is 66.4 Å². The maximum Gasteiger partial charge on any atom is 0.309 e. The van der Waals surface area contributed by atoms with Crippen LogP contribution in [-0.4, -0.2) is 26.6 Å². The fraction of sp³-hybridized carbons (Fsp3) is 0.923. The molecule has 0 saturated heterocycles. The highest BCUT2D eigenvalue weighted by molar-refractivity contribution is 7.80. The smallest absolute Gasteiger partial charge is 0.309 e. The first-order valence-electron chi connectivity index (χ1n) is 7.07. The molecule has 1 aliphatic carbocycles. The first-order valence-corrected chi connectivity index (χ1v) is 8.15. The third-order valence-corrected chi connectivity index (χ3v) is 4.23. The van der Waals surface area contributed by atoms with Crippen molar-refractivity contribution < 1.29 is 27.1 Å². The molecule has 4 nitrogen and oxygen atoms in total. The van der Waals surface area contributed by atoms with Crippen molar-refractivity contribution in [3.05, 3.63) is 0 Å². The highest BCUT2D eigenvalue weighted by atomic mass is 32.2. The van der Waals surface area contributed by atoms with Crippen molar-refractivity contribution in [2.24, 2.45) is 5.92 Å². The van der Waals surface area contributed by atoms with Gasteiger partial charge in [-0.15, -0.1) is 0 Å². The van der Waals surface area contributed by atoms with Crippen LogP contribution in [0.3, 0.4) is 0 Å². The first kappa shape index (κ1) is 17.5. The van der Waals surface area contributed by atoms with Gasteiger partial charge in [-0.25, -0.2) is 0 Å². The van der Waals surface area contributed by atoms with Gasteiger partial charge in [-0.1, -0.05) is 19.3 Å². The molecule has 1 atom stereocenters. The summed E-state index contributed by atoms with van der Waals surface area (Å²) in [7, 11) is 0. The Morgan fingerprint density at radius 3 is 2.45 bits per heavy atom. The number of unbranched alkanes of at least 4 members (excludes halogenated alkanes) is 2. The molecule has 0 aromatic rings. The predicted molar refractivity (Wildman–Crippen MR) is 69.9 cm³/mol. The molecule has 0 spiro atoms. The number of hydrogen-bond donors (Lipinski definition) is 0. The van der Waals surface area contributed by atoms with Crippen LogP contribution in [-0.2, 0) is 20.6 Å². The van der Waals surface area contributed by atoms with Crippen molar-refractivity contribution in [3.63, 3.8) is 0 Å². The minimum absolute atomic E-state index is 0.00373. The molecule has 0 aromatic carbocycles. The van der Waals surface area contributed by atoms with E-state index < -0.39 is 22.8 Å². The highest BCUT2D eigenvalue weighted by Gasteiger charge is 2.29. The lowest BCUT2D eigenvalue weighted by atomic mass is 9.89. The Hall–Kier alpha value is -0.560. The molecule has 0 amide bonds. The van der Waals surface area contributed by atoms with Crippen LogP contribution in [0.2, 0.25) is 0 Å². The Morgan fingerprint density at radius 2 is 1.85 bits per heavy atom. The Morgan fingerprint density at radius 1 is 1.20 bits per heavy atom. The minimum Gasteiger partial charge on any atom is -0.768 e. The van der Waals surface area contributed by atoms with E-state index in [1.807, 2.05) is 0 Å². The van der Waals surface area contributed by atoms with E-state index in [9.17, 15) is 22.3 Å². The molecule has 1 saturated carbocycles. The van der Waals surface area contributed by atoms with Crippen LogP contribution in [0.4, 0.5) is 8.78 Å². The SMILES string of the molecule is O=C(OCCCCCC(F)(F)S(=O)[O-])C1CCCCC1. The number of halogens is 2. The van der Waals surface area contributed by atoms with E-state index >= 15 is 0 Å². The van der Waals surface area contributed by atoms with Crippen LogP contribution in [0.5, 0.6) is 0 Å². The van der Waals surface area contributed by atoms with Crippen LogP contribution in [0.1, 0.15) is 57.8 Å². The summed E-state index contributed by atoms with van der Waals surface area (Å²) in [5, 5.41) is -3.65. The zero-order valence-corrected chi connectivity index (χ0v) is 12.3. The standard InChI is InChI=1S/C13H22F2O4S/c14-13(15,20(17)18)9-5-2-6-10-19-12(16)11-7-3-1-4-8-11/h11H,1-10H2,(H,17,18)/p-1. The van der Waals surface area contributed by atoms with Gasteiger partial charge in [-0.2, -0.15) is 8.78 Å². The molecule has 0 radical (unpaired) electrons. The van der Waals surface area contributed by atoms with E-state index in [-0.39, 0.29) is 24.9 Å². The number of carbonyl (C=O) groups excluding carboxylic acids is 1. The average Bonchev–Trinajstić information content (AvgIpc) is 2.43. The number of alkyl halides is 2. The third kappa shape index (κ3) is 6.26. The van der Waals surface area contributed by atoms with E-state index in [0.717, 1.165) is 25.7 Å². The van der Waals surface area contributed by atoms with Gasteiger partial charge in [0.05, 0.1) is 12.5 Å². The lowest BCUT2D eigenvalue weighted by Gasteiger charge is -2.20. The maximum atomic E-state index is 12.7.